The Morgan fingerprint density at radius 2 is 1.47 bits per heavy atom. The zero-order chi connectivity index (χ0) is 12.6. The summed E-state index contributed by atoms with van der Waals surface area (Å²) < 4.78 is 0. The third kappa shape index (κ3) is 4.55. The molecule has 1 unspecified atom stereocenters. The minimum atomic E-state index is 0.378. The van der Waals surface area contributed by atoms with Gasteiger partial charge in [-0.1, -0.05) is 52.9 Å². The van der Waals surface area contributed by atoms with Crippen LogP contribution in [0.25, 0.3) is 0 Å². The zero-order valence-electron chi connectivity index (χ0n) is 12.4. The highest BCUT2D eigenvalue weighted by Crippen LogP contribution is 2.62. The van der Waals surface area contributed by atoms with Crippen LogP contribution in [0.3, 0.4) is 0 Å². The van der Waals surface area contributed by atoms with Gasteiger partial charge >= 0.3 is 0 Å². The molecular formula is C16H33P. The predicted octanol–water partition coefficient (Wildman–Crippen LogP) is 6.18. The van der Waals surface area contributed by atoms with E-state index in [1.165, 1.54) is 38.5 Å². The van der Waals surface area contributed by atoms with Gasteiger partial charge in [-0.2, -0.15) is 0 Å². The molecule has 1 aliphatic rings. The second-order valence-corrected chi connectivity index (χ2v) is 8.80. The second kappa shape index (κ2) is 8.52. The van der Waals surface area contributed by atoms with E-state index in [0.29, 0.717) is 7.92 Å². The molecule has 1 fully saturated rings. The summed E-state index contributed by atoms with van der Waals surface area (Å²) in [6.07, 6.45) is 18.0. The first-order valence-corrected chi connectivity index (χ1v) is 9.75. The summed E-state index contributed by atoms with van der Waals surface area (Å²) in [5.41, 5.74) is 0. The van der Waals surface area contributed by atoms with Crippen molar-refractivity contribution in [2.75, 3.05) is 12.3 Å². The van der Waals surface area contributed by atoms with Crippen molar-refractivity contribution >= 4 is 7.92 Å². The molecule has 0 aliphatic carbocycles. The van der Waals surface area contributed by atoms with Gasteiger partial charge in [0.2, 0.25) is 0 Å². The number of unbranched alkanes of at least 4 members (excludes halogenated alkanes) is 3. The largest absolute Gasteiger partial charge is 0.100 e. The third-order valence-electron chi connectivity index (χ3n) is 4.51. The van der Waals surface area contributed by atoms with E-state index in [1.54, 1.807) is 38.0 Å². The molecule has 0 nitrogen and oxygen atoms in total. The van der Waals surface area contributed by atoms with Gasteiger partial charge in [-0.25, -0.2) is 0 Å². The fourth-order valence-corrected chi connectivity index (χ4v) is 7.23. The molecule has 1 rings (SSSR count). The Morgan fingerprint density at radius 1 is 0.882 bits per heavy atom. The highest BCUT2D eigenvalue weighted by molar-refractivity contribution is 7.59. The molecule has 0 aromatic heterocycles. The third-order valence-corrected chi connectivity index (χ3v) is 8.24. The molecule has 17 heavy (non-hydrogen) atoms. The number of hydrogen-bond acceptors (Lipinski definition) is 0. The first-order valence-electron chi connectivity index (χ1n) is 8.04. The van der Waals surface area contributed by atoms with Crippen molar-refractivity contribution in [3.05, 3.63) is 0 Å². The summed E-state index contributed by atoms with van der Waals surface area (Å²) in [7, 11) is 0.378. The van der Waals surface area contributed by atoms with Gasteiger partial charge < -0.3 is 0 Å². The quantitative estimate of drug-likeness (QED) is 0.432. The summed E-state index contributed by atoms with van der Waals surface area (Å²) >= 11 is 0. The van der Waals surface area contributed by atoms with Gasteiger partial charge in [-0.15, -0.1) is 7.92 Å². The molecule has 0 aromatic rings. The monoisotopic (exact) mass is 256 g/mol. The molecule has 1 aliphatic heterocycles. The molecule has 0 spiro atoms. The van der Waals surface area contributed by atoms with Crippen molar-refractivity contribution < 1.29 is 0 Å². The first-order chi connectivity index (χ1) is 8.29. The van der Waals surface area contributed by atoms with E-state index in [0.717, 1.165) is 5.16 Å². The van der Waals surface area contributed by atoms with Crippen LogP contribution < -0.4 is 0 Å². The summed E-state index contributed by atoms with van der Waals surface area (Å²) in [5.74, 6) is 0. The Morgan fingerprint density at radius 3 is 2.00 bits per heavy atom. The molecule has 1 saturated heterocycles. The lowest BCUT2D eigenvalue weighted by molar-refractivity contribution is 0.443. The molecule has 0 radical (unpaired) electrons. The highest BCUT2D eigenvalue weighted by Gasteiger charge is 2.40. The maximum atomic E-state index is 2.36. The molecule has 0 N–H and O–H groups in total. The van der Waals surface area contributed by atoms with E-state index >= 15 is 0 Å². The lowest BCUT2D eigenvalue weighted by Crippen LogP contribution is -2.24. The Hall–Kier alpha value is 0.430. The van der Waals surface area contributed by atoms with Gasteiger partial charge in [-0.3, -0.25) is 0 Å². The van der Waals surface area contributed by atoms with E-state index in [1.807, 2.05) is 0 Å². The van der Waals surface area contributed by atoms with Crippen molar-refractivity contribution in [1.29, 1.82) is 0 Å². The maximum absolute atomic E-state index is 2.36. The van der Waals surface area contributed by atoms with Gasteiger partial charge in [-0.05, 0) is 49.6 Å². The summed E-state index contributed by atoms with van der Waals surface area (Å²) in [6, 6.07) is 0. The van der Waals surface area contributed by atoms with Gasteiger partial charge in [0, 0.05) is 0 Å². The SMILES string of the molecule is CCCCP1CCCC1(CCCC)CCCC. The smallest absolute Gasteiger partial charge is 0.00943 e. The van der Waals surface area contributed by atoms with Crippen LogP contribution >= 0.6 is 7.92 Å². The molecule has 1 heteroatoms. The number of rotatable bonds is 9. The highest BCUT2D eigenvalue weighted by atomic mass is 31.1. The fourth-order valence-electron chi connectivity index (χ4n) is 3.40. The van der Waals surface area contributed by atoms with E-state index in [-0.39, 0.29) is 0 Å². The Bertz CT molecular complexity index is 180. The van der Waals surface area contributed by atoms with Crippen molar-refractivity contribution in [3.63, 3.8) is 0 Å². The molecule has 0 aromatic carbocycles. The molecule has 1 heterocycles. The number of hydrogen-bond donors (Lipinski definition) is 0. The molecule has 102 valence electrons. The molecular weight excluding hydrogens is 223 g/mol. The van der Waals surface area contributed by atoms with Crippen LogP contribution in [-0.2, 0) is 0 Å². The van der Waals surface area contributed by atoms with Crippen LogP contribution in [0, 0.1) is 0 Å². The van der Waals surface area contributed by atoms with Gasteiger partial charge in [0.1, 0.15) is 0 Å². The lowest BCUT2D eigenvalue weighted by Gasteiger charge is -2.37. The van der Waals surface area contributed by atoms with E-state index in [2.05, 4.69) is 20.8 Å². The average molecular weight is 256 g/mol. The Labute approximate surface area is 111 Å². The minimum absolute atomic E-state index is 0.378. The van der Waals surface area contributed by atoms with Crippen molar-refractivity contribution in [1.82, 2.24) is 0 Å². The summed E-state index contributed by atoms with van der Waals surface area (Å²) in [5, 5.41) is 0.830. The molecule has 0 amide bonds. The van der Waals surface area contributed by atoms with E-state index in [4.69, 9.17) is 0 Å². The van der Waals surface area contributed by atoms with Crippen LogP contribution in [0.2, 0.25) is 0 Å². The Kier molecular flexibility index (Phi) is 7.76. The fraction of sp³-hybridized carbons (Fsp3) is 1.00. The first kappa shape index (κ1) is 15.5. The van der Waals surface area contributed by atoms with Crippen LogP contribution in [0.5, 0.6) is 0 Å². The zero-order valence-corrected chi connectivity index (χ0v) is 13.3. The van der Waals surface area contributed by atoms with Crippen molar-refractivity contribution in [2.24, 2.45) is 0 Å². The van der Waals surface area contributed by atoms with Crippen LogP contribution in [0.4, 0.5) is 0 Å². The predicted molar refractivity (Wildman–Crippen MR) is 82.6 cm³/mol. The van der Waals surface area contributed by atoms with Gasteiger partial charge in [0.25, 0.3) is 0 Å². The Balaban J connectivity index is 2.57. The topological polar surface area (TPSA) is 0 Å². The standard InChI is InChI=1S/C16H33P/c1-4-7-11-16(12-8-5-2)13-10-15-17(16)14-9-6-3/h4-15H2,1-3H3. The lowest BCUT2D eigenvalue weighted by atomic mass is 9.91. The summed E-state index contributed by atoms with van der Waals surface area (Å²) in [6.45, 7) is 7.07. The van der Waals surface area contributed by atoms with Crippen LogP contribution in [-0.4, -0.2) is 17.5 Å². The van der Waals surface area contributed by atoms with E-state index in [9.17, 15) is 0 Å². The average Bonchev–Trinajstić information content (AvgIpc) is 2.75. The molecule has 1 atom stereocenters. The minimum Gasteiger partial charge on any atom is -0.100 e. The normalized spacial score (nSPS) is 23.1. The van der Waals surface area contributed by atoms with E-state index < -0.39 is 0 Å². The summed E-state index contributed by atoms with van der Waals surface area (Å²) in [4.78, 5) is 0. The van der Waals surface area contributed by atoms with Crippen molar-refractivity contribution in [3.8, 4) is 0 Å². The van der Waals surface area contributed by atoms with Crippen LogP contribution in [0.15, 0.2) is 0 Å². The molecule has 0 bridgehead atoms. The van der Waals surface area contributed by atoms with Crippen LogP contribution in [0.1, 0.15) is 85.0 Å². The molecule has 0 saturated carbocycles. The maximum Gasteiger partial charge on any atom is -0.00943 e. The second-order valence-electron chi connectivity index (χ2n) is 5.88. The van der Waals surface area contributed by atoms with Gasteiger partial charge in [0.05, 0.1) is 0 Å². The van der Waals surface area contributed by atoms with Gasteiger partial charge in [0.15, 0.2) is 0 Å². The van der Waals surface area contributed by atoms with Crippen molar-refractivity contribution in [2.45, 2.75) is 90.1 Å².